The van der Waals surface area contributed by atoms with Gasteiger partial charge in [0.2, 0.25) is 31.1 Å². The van der Waals surface area contributed by atoms with Gasteiger partial charge in [-0.2, -0.15) is 35.3 Å². The van der Waals surface area contributed by atoms with Crippen molar-refractivity contribution in [3.63, 3.8) is 0 Å². The number of hydrogen-bond donors (Lipinski definition) is 2. The number of hydrogen-bond acceptors (Lipinski definition) is 8. The summed E-state index contributed by atoms with van der Waals surface area (Å²) in [6.45, 7) is 0.761. The fraction of sp³-hybridized carbons (Fsp3) is 0.765. The second kappa shape index (κ2) is 11.9. The zero-order valence-corrected chi connectivity index (χ0v) is 20.8. The van der Waals surface area contributed by atoms with Crippen molar-refractivity contribution in [2.45, 2.75) is 23.3 Å². The second-order valence-corrected chi connectivity index (χ2v) is 12.5. The number of rotatable bonds is 13. The topological polar surface area (TPSA) is 116 Å². The van der Waals surface area contributed by atoms with Crippen LogP contribution in [0.1, 0.15) is 12.8 Å². The molecule has 9 nitrogen and oxygen atoms in total. The molecule has 2 heterocycles. The van der Waals surface area contributed by atoms with E-state index in [0.29, 0.717) is 11.9 Å². The molecule has 2 N–H and O–H groups in total. The summed E-state index contributed by atoms with van der Waals surface area (Å²) >= 11 is 4.28. The van der Waals surface area contributed by atoms with Crippen LogP contribution in [0.2, 0.25) is 0 Å². The van der Waals surface area contributed by atoms with Gasteiger partial charge in [0, 0.05) is 50.9 Å². The first-order valence-corrected chi connectivity index (χ1v) is 15.4. The molecule has 2 saturated heterocycles. The van der Waals surface area contributed by atoms with E-state index < -0.39 is 7.44 Å². The fourth-order valence-electron chi connectivity index (χ4n) is 3.26. The molecule has 13 heteroatoms. The molecule has 0 radical (unpaired) electrons. The molecule has 0 saturated carbocycles. The Kier molecular flexibility index (Phi) is 10.2. The Labute approximate surface area is 190 Å². The fourth-order valence-corrected chi connectivity index (χ4v) is 7.65. The molecule has 2 aliphatic rings. The molecule has 3 atom stereocenters. The van der Waals surface area contributed by atoms with Crippen molar-refractivity contribution in [2.24, 2.45) is 0 Å². The molecule has 4 amide bonds. The minimum Gasteiger partial charge on any atom is -0.289 e. The van der Waals surface area contributed by atoms with Gasteiger partial charge in [-0.15, -0.1) is 0 Å². The van der Waals surface area contributed by atoms with Crippen LogP contribution in [0.25, 0.3) is 0 Å². The van der Waals surface area contributed by atoms with Crippen molar-refractivity contribution in [3.8, 4) is 0 Å². The van der Waals surface area contributed by atoms with Gasteiger partial charge in [0.15, 0.2) is 0 Å². The highest BCUT2D eigenvalue weighted by Gasteiger charge is 2.39. The predicted molar refractivity (Wildman–Crippen MR) is 124 cm³/mol. The maximum Gasteiger partial charge on any atom is 0.242 e. The summed E-state index contributed by atoms with van der Waals surface area (Å²) in [6, 6.07) is 0. The van der Waals surface area contributed by atoms with Crippen molar-refractivity contribution in [3.05, 3.63) is 0 Å². The van der Waals surface area contributed by atoms with Crippen molar-refractivity contribution in [2.75, 3.05) is 56.9 Å². The molecule has 0 bridgehead atoms. The summed E-state index contributed by atoms with van der Waals surface area (Å²) in [4.78, 5) is 50.9. The standard InChI is InChI=1S/C17H29N4O5PS3/c1-28-9-8-27(26,18-4-6-20-14(22)10-12(29-2)16(20)24)19-5-7-21-15(23)11-13(30-3)17(21)25/h12-13H,4-11H2,1-3H3,(H2,18,19,26)/t12-,13?,27?/m1/s1. The molecule has 2 aliphatic heterocycles. The Morgan fingerprint density at radius 2 is 1.30 bits per heavy atom. The van der Waals surface area contributed by atoms with Gasteiger partial charge in [0.1, 0.15) is 0 Å². The molecule has 30 heavy (non-hydrogen) atoms. The van der Waals surface area contributed by atoms with E-state index in [2.05, 4.69) is 10.2 Å². The highest BCUT2D eigenvalue weighted by atomic mass is 32.2. The van der Waals surface area contributed by atoms with Crippen molar-refractivity contribution < 1.29 is 23.7 Å². The van der Waals surface area contributed by atoms with Crippen molar-refractivity contribution in [1.82, 2.24) is 20.0 Å². The number of carbonyl (C=O) groups is 4. The first kappa shape index (κ1) is 25.7. The van der Waals surface area contributed by atoms with Crippen molar-refractivity contribution >= 4 is 66.4 Å². The Morgan fingerprint density at radius 1 is 0.867 bits per heavy atom. The van der Waals surface area contributed by atoms with E-state index in [1.807, 2.05) is 6.26 Å². The van der Waals surface area contributed by atoms with E-state index in [9.17, 15) is 23.7 Å². The van der Waals surface area contributed by atoms with Crippen LogP contribution in [0.5, 0.6) is 0 Å². The average molecular weight is 497 g/mol. The quantitative estimate of drug-likeness (QED) is 0.279. The number of amides is 4. The molecule has 2 unspecified atom stereocenters. The highest BCUT2D eigenvalue weighted by molar-refractivity contribution is 8.00. The summed E-state index contributed by atoms with van der Waals surface area (Å²) in [6.07, 6.45) is 6.30. The van der Waals surface area contributed by atoms with Gasteiger partial charge in [-0.05, 0) is 18.8 Å². The second-order valence-electron chi connectivity index (χ2n) is 6.90. The van der Waals surface area contributed by atoms with Crippen LogP contribution in [0.3, 0.4) is 0 Å². The highest BCUT2D eigenvalue weighted by Crippen LogP contribution is 2.36. The van der Waals surface area contributed by atoms with Gasteiger partial charge in [-0.1, -0.05) is 0 Å². The van der Waals surface area contributed by atoms with Crippen LogP contribution in [0, 0.1) is 0 Å². The molecule has 0 aromatic heterocycles. The Hall–Kier alpha value is -0.520. The van der Waals surface area contributed by atoms with E-state index >= 15 is 0 Å². The molecule has 2 fully saturated rings. The van der Waals surface area contributed by atoms with E-state index in [1.165, 1.54) is 33.3 Å². The lowest BCUT2D eigenvalue weighted by molar-refractivity contribution is -0.139. The maximum absolute atomic E-state index is 13.3. The average Bonchev–Trinajstić information content (AvgIpc) is 3.16. The SMILES string of the molecule is CSCCP(=O)(NCCN1C(=O)CC(SC)C1=O)NCCN1C(=O)C[C@@H](SC)C1=O. The zero-order chi connectivity index (χ0) is 22.3. The summed E-state index contributed by atoms with van der Waals surface area (Å²) < 4.78 is 13.3. The predicted octanol–water partition coefficient (Wildman–Crippen LogP) is 0.703. The lowest BCUT2D eigenvalue weighted by Crippen LogP contribution is -2.40. The van der Waals surface area contributed by atoms with Gasteiger partial charge < -0.3 is 0 Å². The number of likely N-dealkylation sites (tertiary alicyclic amines) is 2. The van der Waals surface area contributed by atoms with Gasteiger partial charge in [-0.25, -0.2) is 0 Å². The normalized spacial score (nSPS) is 24.2. The zero-order valence-electron chi connectivity index (χ0n) is 17.4. The largest absolute Gasteiger partial charge is 0.289 e. The minimum absolute atomic E-state index is 0.165. The van der Waals surface area contributed by atoms with E-state index in [4.69, 9.17) is 0 Å². The van der Waals surface area contributed by atoms with Gasteiger partial charge in [0.25, 0.3) is 0 Å². The summed E-state index contributed by atoms with van der Waals surface area (Å²) in [5, 5.41) is 5.30. The molecule has 2 rings (SSSR count). The first-order valence-electron chi connectivity index (χ1n) is 9.58. The van der Waals surface area contributed by atoms with Crippen LogP contribution in [-0.2, 0) is 23.7 Å². The third-order valence-electron chi connectivity index (χ3n) is 4.99. The number of imide groups is 2. The number of nitrogens with zero attached hydrogens (tertiary/aromatic N) is 2. The molecule has 170 valence electrons. The van der Waals surface area contributed by atoms with E-state index in [-0.39, 0.29) is 73.1 Å². The Bertz CT molecular complexity index is 674. The van der Waals surface area contributed by atoms with Crippen LogP contribution in [0.4, 0.5) is 0 Å². The molecular formula is C17H29N4O5PS3. The lowest BCUT2D eigenvalue weighted by atomic mass is 10.4. The smallest absolute Gasteiger partial charge is 0.242 e. The van der Waals surface area contributed by atoms with Crippen LogP contribution in [-0.4, -0.2) is 101 Å². The van der Waals surface area contributed by atoms with Crippen molar-refractivity contribution in [1.29, 1.82) is 0 Å². The third-order valence-corrected chi connectivity index (χ3v) is 10.1. The Balaban J connectivity index is 1.87. The van der Waals surface area contributed by atoms with Crippen LogP contribution < -0.4 is 10.2 Å². The lowest BCUT2D eigenvalue weighted by Gasteiger charge is -2.23. The summed E-state index contributed by atoms with van der Waals surface area (Å²) in [5.74, 6) is -0.153. The summed E-state index contributed by atoms with van der Waals surface area (Å²) in [5.41, 5.74) is 0. The number of thioether (sulfide) groups is 3. The van der Waals surface area contributed by atoms with Gasteiger partial charge >= 0.3 is 0 Å². The molecular weight excluding hydrogens is 467 g/mol. The molecule has 0 aromatic carbocycles. The van der Waals surface area contributed by atoms with E-state index in [1.54, 1.807) is 24.3 Å². The first-order chi connectivity index (χ1) is 14.3. The molecule has 0 spiro atoms. The minimum atomic E-state index is -3.00. The van der Waals surface area contributed by atoms with Crippen LogP contribution in [0.15, 0.2) is 0 Å². The van der Waals surface area contributed by atoms with Crippen LogP contribution >= 0.6 is 42.7 Å². The van der Waals surface area contributed by atoms with E-state index in [0.717, 1.165) is 0 Å². The number of carbonyl (C=O) groups excluding carboxylic acids is 4. The third kappa shape index (κ3) is 6.49. The Morgan fingerprint density at radius 3 is 1.63 bits per heavy atom. The summed E-state index contributed by atoms with van der Waals surface area (Å²) in [7, 11) is -3.00. The maximum atomic E-state index is 13.3. The van der Waals surface area contributed by atoms with Gasteiger partial charge in [0.05, 0.1) is 10.5 Å². The molecule has 0 aromatic rings. The number of nitrogens with one attached hydrogen (secondary N) is 2. The molecule has 0 aliphatic carbocycles. The monoisotopic (exact) mass is 496 g/mol. The van der Waals surface area contributed by atoms with Gasteiger partial charge in [-0.3, -0.25) is 43.7 Å².